The van der Waals surface area contributed by atoms with E-state index in [2.05, 4.69) is 4.74 Å². The average molecular weight is 315 g/mol. The molecule has 0 bridgehead atoms. The zero-order valence-electron chi connectivity index (χ0n) is 11.7. The van der Waals surface area contributed by atoms with Crippen LogP contribution in [0.2, 0.25) is 0 Å². The van der Waals surface area contributed by atoms with Gasteiger partial charge in [0.05, 0.1) is 25.2 Å². The van der Waals surface area contributed by atoms with Crippen LogP contribution in [-0.2, 0) is 19.6 Å². The van der Waals surface area contributed by atoms with Gasteiger partial charge in [-0.05, 0) is 12.1 Å². The summed E-state index contributed by atoms with van der Waals surface area (Å²) in [6.45, 7) is -0.140. The summed E-state index contributed by atoms with van der Waals surface area (Å²) in [6, 6.07) is 4.94. The van der Waals surface area contributed by atoms with E-state index in [0.29, 0.717) is 5.75 Å². The smallest absolute Gasteiger partial charge is 0.324 e. The van der Waals surface area contributed by atoms with Gasteiger partial charge in [-0.2, -0.15) is 4.31 Å². The molecule has 1 aromatic carbocycles. The number of β-amino-alcohol motifs (C(OH)–C–C–N with tert-alkyl or cyclic N) is 1. The van der Waals surface area contributed by atoms with Gasteiger partial charge in [0.1, 0.15) is 11.8 Å². The summed E-state index contributed by atoms with van der Waals surface area (Å²) >= 11 is 0. The van der Waals surface area contributed by atoms with Crippen molar-refractivity contribution in [3.8, 4) is 5.75 Å². The third-order valence-electron chi connectivity index (χ3n) is 3.35. The first-order chi connectivity index (χ1) is 9.90. The number of sulfonamides is 1. The Balaban J connectivity index is 2.39. The lowest BCUT2D eigenvalue weighted by Crippen LogP contribution is -2.41. The van der Waals surface area contributed by atoms with Gasteiger partial charge in [0.15, 0.2) is 0 Å². The largest absolute Gasteiger partial charge is 0.497 e. The maximum absolute atomic E-state index is 12.6. The minimum Gasteiger partial charge on any atom is -0.497 e. The number of rotatable bonds is 4. The number of esters is 1. The second-order valence-corrected chi connectivity index (χ2v) is 6.57. The quantitative estimate of drug-likeness (QED) is 0.786. The standard InChI is InChI=1S/C13H17NO6S/c1-19-10-4-3-5-11(7-10)21(17,18)14-8-9(15)6-12(14)13(16)20-2/h3-5,7,9,12,15H,6,8H2,1-2H3. The number of ether oxygens (including phenoxy) is 2. The fourth-order valence-corrected chi connectivity index (χ4v) is 3.96. The molecule has 1 aliphatic heterocycles. The molecule has 0 aliphatic carbocycles. The van der Waals surface area contributed by atoms with Crippen LogP contribution in [0.3, 0.4) is 0 Å². The van der Waals surface area contributed by atoms with Crippen molar-refractivity contribution in [3.63, 3.8) is 0 Å². The van der Waals surface area contributed by atoms with Crippen LogP contribution in [0, 0.1) is 0 Å². The van der Waals surface area contributed by atoms with Gasteiger partial charge in [-0.15, -0.1) is 0 Å². The molecule has 1 aliphatic rings. The van der Waals surface area contributed by atoms with Crippen molar-refractivity contribution in [2.24, 2.45) is 0 Å². The minimum atomic E-state index is -3.92. The third-order valence-corrected chi connectivity index (χ3v) is 5.23. The molecule has 0 spiro atoms. The molecule has 7 nitrogen and oxygen atoms in total. The van der Waals surface area contributed by atoms with Gasteiger partial charge in [0, 0.05) is 19.0 Å². The Morgan fingerprint density at radius 1 is 1.38 bits per heavy atom. The summed E-state index contributed by atoms with van der Waals surface area (Å²) in [5.74, 6) is -0.288. The van der Waals surface area contributed by atoms with Crippen molar-refractivity contribution in [2.45, 2.75) is 23.5 Å². The SMILES string of the molecule is COC(=O)C1CC(O)CN1S(=O)(=O)c1cccc(OC)c1. The number of hydrogen-bond donors (Lipinski definition) is 1. The number of hydrogen-bond acceptors (Lipinski definition) is 6. The van der Waals surface area contributed by atoms with Gasteiger partial charge in [-0.1, -0.05) is 6.07 Å². The molecule has 0 saturated carbocycles. The van der Waals surface area contributed by atoms with Crippen molar-refractivity contribution >= 4 is 16.0 Å². The number of carbonyl (C=O) groups excluding carboxylic acids is 1. The van der Waals surface area contributed by atoms with Crippen LogP contribution in [0.25, 0.3) is 0 Å². The zero-order chi connectivity index (χ0) is 15.6. The highest BCUT2D eigenvalue weighted by molar-refractivity contribution is 7.89. The van der Waals surface area contributed by atoms with E-state index in [4.69, 9.17) is 4.74 Å². The van der Waals surface area contributed by atoms with E-state index in [-0.39, 0.29) is 17.9 Å². The number of benzene rings is 1. The predicted molar refractivity (Wildman–Crippen MR) is 73.3 cm³/mol. The molecule has 0 aromatic heterocycles. The lowest BCUT2D eigenvalue weighted by molar-refractivity contribution is -0.144. The normalized spacial score (nSPS) is 23.0. The molecule has 2 rings (SSSR count). The molecule has 21 heavy (non-hydrogen) atoms. The Labute approximate surface area is 123 Å². The van der Waals surface area contributed by atoms with Crippen LogP contribution in [0.1, 0.15) is 6.42 Å². The van der Waals surface area contributed by atoms with E-state index >= 15 is 0 Å². The zero-order valence-corrected chi connectivity index (χ0v) is 12.5. The molecule has 1 fully saturated rings. The molecule has 1 saturated heterocycles. The van der Waals surface area contributed by atoms with Crippen molar-refractivity contribution in [3.05, 3.63) is 24.3 Å². The molecule has 0 radical (unpaired) electrons. The van der Waals surface area contributed by atoms with E-state index in [1.54, 1.807) is 12.1 Å². The van der Waals surface area contributed by atoms with Gasteiger partial charge in [-0.25, -0.2) is 8.42 Å². The van der Waals surface area contributed by atoms with Gasteiger partial charge < -0.3 is 14.6 Å². The Morgan fingerprint density at radius 2 is 2.10 bits per heavy atom. The predicted octanol–water partition coefficient (Wildman–Crippen LogP) is -0.00790. The first kappa shape index (κ1) is 15.7. The molecular formula is C13H17NO6S. The van der Waals surface area contributed by atoms with Gasteiger partial charge in [0.2, 0.25) is 10.0 Å². The summed E-state index contributed by atoms with van der Waals surface area (Å²) in [4.78, 5) is 11.7. The lowest BCUT2D eigenvalue weighted by Gasteiger charge is -2.22. The number of methoxy groups -OCH3 is 2. The molecule has 8 heteroatoms. The molecule has 1 N–H and O–H groups in total. The number of nitrogens with zero attached hydrogens (tertiary/aromatic N) is 1. The molecule has 2 unspecified atom stereocenters. The monoisotopic (exact) mass is 315 g/mol. The molecule has 1 aromatic rings. The topological polar surface area (TPSA) is 93.1 Å². The average Bonchev–Trinajstić information content (AvgIpc) is 2.89. The van der Waals surface area contributed by atoms with Crippen LogP contribution in [-0.4, -0.2) is 56.7 Å². The van der Waals surface area contributed by atoms with Crippen LogP contribution in [0.5, 0.6) is 5.75 Å². The molecule has 0 amide bonds. The summed E-state index contributed by atoms with van der Waals surface area (Å²) < 4.78 is 35.8. The Morgan fingerprint density at radius 3 is 2.71 bits per heavy atom. The maximum atomic E-state index is 12.6. The van der Waals surface area contributed by atoms with Crippen molar-refractivity contribution in [2.75, 3.05) is 20.8 Å². The Kier molecular flexibility index (Phi) is 4.50. The van der Waals surface area contributed by atoms with Gasteiger partial charge >= 0.3 is 5.97 Å². The molecular weight excluding hydrogens is 298 g/mol. The highest BCUT2D eigenvalue weighted by atomic mass is 32.2. The Hall–Kier alpha value is -1.64. The van der Waals surface area contributed by atoms with Gasteiger partial charge in [0.25, 0.3) is 0 Å². The lowest BCUT2D eigenvalue weighted by atomic mass is 10.2. The first-order valence-electron chi connectivity index (χ1n) is 6.32. The number of aliphatic hydroxyl groups excluding tert-OH is 1. The van der Waals surface area contributed by atoms with Crippen LogP contribution >= 0.6 is 0 Å². The fourth-order valence-electron chi connectivity index (χ4n) is 2.30. The fraction of sp³-hybridized carbons (Fsp3) is 0.462. The van der Waals surface area contributed by atoms with Gasteiger partial charge in [-0.3, -0.25) is 4.79 Å². The summed E-state index contributed by atoms with van der Waals surface area (Å²) in [5.41, 5.74) is 0. The number of aliphatic hydroxyl groups is 1. The molecule has 2 atom stereocenters. The molecule has 1 heterocycles. The summed E-state index contributed by atoms with van der Waals surface area (Å²) in [5, 5.41) is 9.69. The highest BCUT2D eigenvalue weighted by Gasteiger charge is 2.44. The summed E-state index contributed by atoms with van der Waals surface area (Å²) in [7, 11) is -1.30. The van der Waals surface area contributed by atoms with E-state index in [9.17, 15) is 18.3 Å². The minimum absolute atomic E-state index is 0.00449. The second-order valence-electron chi connectivity index (χ2n) is 4.68. The van der Waals surface area contributed by atoms with E-state index in [1.807, 2.05) is 0 Å². The Bertz CT molecular complexity index is 629. The van der Waals surface area contributed by atoms with Crippen molar-refractivity contribution in [1.29, 1.82) is 0 Å². The highest BCUT2D eigenvalue weighted by Crippen LogP contribution is 2.28. The third kappa shape index (κ3) is 3.02. The van der Waals surface area contributed by atoms with Crippen molar-refractivity contribution in [1.82, 2.24) is 4.31 Å². The van der Waals surface area contributed by atoms with E-state index in [1.165, 1.54) is 26.4 Å². The van der Waals surface area contributed by atoms with E-state index < -0.39 is 28.1 Å². The van der Waals surface area contributed by atoms with Crippen molar-refractivity contribution < 1.29 is 27.8 Å². The second kappa shape index (κ2) is 6.00. The van der Waals surface area contributed by atoms with Crippen LogP contribution in [0.4, 0.5) is 0 Å². The maximum Gasteiger partial charge on any atom is 0.324 e. The van der Waals surface area contributed by atoms with E-state index in [0.717, 1.165) is 4.31 Å². The molecule has 116 valence electrons. The van der Waals surface area contributed by atoms with Crippen LogP contribution < -0.4 is 4.74 Å². The first-order valence-corrected chi connectivity index (χ1v) is 7.76. The number of carbonyl (C=O) groups is 1. The van der Waals surface area contributed by atoms with Crippen LogP contribution in [0.15, 0.2) is 29.2 Å². The summed E-state index contributed by atoms with van der Waals surface area (Å²) in [6.07, 6.45) is -0.870.